The van der Waals surface area contributed by atoms with Gasteiger partial charge in [0, 0.05) is 6.54 Å². The number of hydrogen-bond donors (Lipinski definition) is 3. The molecule has 1 aromatic rings. The van der Waals surface area contributed by atoms with Gasteiger partial charge in [-0.2, -0.15) is 0 Å². The van der Waals surface area contributed by atoms with Gasteiger partial charge in [0.15, 0.2) is 0 Å². The van der Waals surface area contributed by atoms with Gasteiger partial charge in [0.2, 0.25) is 0 Å². The zero-order chi connectivity index (χ0) is 11.1. The molecule has 0 heterocycles. The first-order valence-electron chi connectivity index (χ1n) is 5.14. The van der Waals surface area contributed by atoms with Crippen molar-refractivity contribution in [2.24, 2.45) is 5.84 Å². The number of hydrazine groups is 1. The summed E-state index contributed by atoms with van der Waals surface area (Å²) in [5.41, 5.74) is 4.94. The zero-order valence-corrected chi connectivity index (χ0v) is 9.34. The van der Waals surface area contributed by atoms with Crippen molar-refractivity contribution in [3.05, 3.63) is 29.3 Å². The molecule has 0 unspecified atom stereocenters. The average Bonchev–Trinajstić information content (AvgIpc) is 2.23. The molecule has 1 aromatic carbocycles. The van der Waals surface area contributed by atoms with Crippen LogP contribution in [0.4, 0.5) is 0 Å². The Hall–Kier alpha value is -1.10. The molecule has 84 valence electrons. The van der Waals surface area contributed by atoms with Gasteiger partial charge in [0.1, 0.15) is 5.75 Å². The molecule has 1 rings (SSSR count). The van der Waals surface area contributed by atoms with Crippen LogP contribution in [0.1, 0.15) is 18.1 Å². The Morgan fingerprint density at radius 2 is 2.20 bits per heavy atom. The summed E-state index contributed by atoms with van der Waals surface area (Å²) in [5.74, 6) is 6.11. The predicted molar refractivity (Wildman–Crippen MR) is 61.4 cm³/mol. The van der Waals surface area contributed by atoms with Crippen molar-refractivity contribution < 1.29 is 4.74 Å². The maximum absolute atomic E-state index is 5.46. The lowest BCUT2D eigenvalue weighted by atomic mass is 10.1. The average molecular weight is 209 g/mol. The summed E-state index contributed by atoms with van der Waals surface area (Å²) in [6.07, 6.45) is 0. The topological polar surface area (TPSA) is 59.3 Å². The molecule has 15 heavy (non-hydrogen) atoms. The van der Waals surface area contributed by atoms with Crippen LogP contribution in [0, 0.1) is 6.92 Å². The number of rotatable bonds is 6. The van der Waals surface area contributed by atoms with Crippen LogP contribution in [-0.2, 0) is 6.54 Å². The first kappa shape index (κ1) is 12.0. The molecule has 0 spiro atoms. The molecule has 0 bridgehead atoms. The molecule has 0 radical (unpaired) electrons. The minimum absolute atomic E-state index is 0.603. The van der Waals surface area contributed by atoms with Crippen molar-refractivity contribution in [1.29, 1.82) is 0 Å². The van der Waals surface area contributed by atoms with Crippen LogP contribution in [0.2, 0.25) is 0 Å². The van der Waals surface area contributed by atoms with Gasteiger partial charge >= 0.3 is 0 Å². The Bertz CT molecular complexity index is 302. The predicted octanol–water partition coefficient (Wildman–Crippen LogP) is 0.904. The molecule has 0 atom stereocenters. The second-order valence-corrected chi connectivity index (χ2v) is 3.34. The monoisotopic (exact) mass is 209 g/mol. The van der Waals surface area contributed by atoms with E-state index >= 15 is 0 Å². The third kappa shape index (κ3) is 3.87. The van der Waals surface area contributed by atoms with E-state index in [1.165, 1.54) is 5.56 Å². The number of ether oxygens (including phenoxy) is 1. The molecule has 0 amide bonds. The Morgan fingerprint density at radius 3 is 2.80 bits per heavy atom. The highest BCUT2D eigenvalue weighted by Crippen LogP contribution is 2.18. The Morgan fingerprint density at radius 1 is 1.40 bits per heavy atom. The van der Waals surface area contributed by atoms with E-state index in [0.717, 1.165) is 17.9 Å². The third-order valence-corrected chi connectivity index (χ3v) is 2.10. The second-order valence-electron chi connectivity index (χ2n) is 3.34. The molecule has 0 aliphatic rings. The highest BCUT2D eigenvalue weighted by atomic mass is 16.5. The summed E-state index contributed by atoms with van der Waals surface area (Å²) < 4.78 is 5.46. The number of benzene rings is 1. The number of nitrogens with one attached hydrogen (secondary N) is 2. The third-order valence-electron chi connectivity index (χ3n) is 2.10. The fraction of sp³-hybridized carbons (Fsp3) is 0.455. The molecule has 0 saturated heterocycles. The van der Waals surface area contributed by atoms with Gasteiger partial charge < -0.3 is 4.74 Å². The molecule has 0 fully saturated rings. The van der Waals surface area contributed by atoms with Crippen LogP contribution in [0.3, 0.4) is 0 Å². The Labute approximate surface area is 90.8 Å². The summed E-state index contributed by atoms with van der Waals surface area (Å²) in [6.45, 7) is 6.15. The van der Waals surface area contributed by atoms with Crippen LogP contribution in [-0.4, -0.2) is 13.3 Å². The molecule has 4 N–H and O–H groups in total. The molecule has 0 aromatic heterocycles. The van der Waals surface area contributed by atoms with Crippen molar-refractivity contribution in [1.82, 2.24) is 10.7 Å². The number of aryl methyl sites for hydroxylation is 1. The largest absolute Gasteiger partial charge is 0.494 e. The maximum atomic E-state index is 5.46. The fourth-order valence-electron chi connectivity index (χ4n) is 1.42. The van der Waals surface area contributed by atoms with Gasteiger partial charge in [0.25, 0.3) is 0 Å². The Balaban J connectivity index is 2.56. The molecular weight excluding hydrogens is 190 g/mol. The highest BCUT2D eigenvalue weighted by molar-refractivity contribution is 5.36. The summed E-state index contributed by atoms with van der Waals surface area (Å²) in [6, 6.07) is 6.18. The van der Waals surface area contributed by atoms with Crippen LogP contribution >= 0.6 is 0 Å². The lowest BCUT2D eigenvalue weighted by Crippen LogP contribution is -2.33. The van der Waals surface area contributed by atoms with Crippen molar-refractivity contribution >= 4 is 0 Å². The van der Waals surface area contributed by atoms with Crippen LogP contribution in [0.25, 0.3) is 0 Å². The van der Waals surface area contributed by atoms with E-state index in [-0.39, 0.29) is 0 Å². The number of hydrogen-bond acceptors (Lipinski definition) is 4. The van der Waals surface area contributed by atoms with Gasteiger partial charge in [-0.15, -0.1) is 0 Å². The molecular formula is C11H19N3O. The van der Waals surface area contributed by atoms with E-state index in [4.69, 9.17) is 10.6 Å². The molecule has 0 aliphatic heterocycles. The van der Waals surface area contributed by atoms with Crippen molar-refractivity contribution in [3.63, 3.8) is 0 Å². The highest BCUT2D eigenvalue weighted by Gasteiger charge is 1.99. The van der Waals surface area contributed by atoms with Crippen LogP contribution < -0.4 is 21.3 Å². The SMILES string of the molecule is CCOc1ccc(CNCNN)cc1C. The number of nitrogens with two attached hydrogens (primary N) is 1. The van der Waals surface area contributed by atoms with Crippen molar-refractivity contribution in [2.45, 2.75) is 20.4 Å². The lowest BCUT2D eigenvalue weighted by molar-refractivity contribution is 0.337. The molecule has 0 saturated carbocycles. The normalized spacial score (nSPS) is 10.3. The smallest absolute Gasteiger partial charge is 0.122 e. The fourth-order valence-corrected chi connectivity index (χ4v) is 1.42. The van der Waals surface area contributed by atoms with Gasteiger partial charge in [0.05, 0.1) is 13.3 Å². The van der Waals surface area contributed by atoms with Crippen LogP contribution in [0.5, 0.6) is 5.75 Å². The van der Waals surface area contributed by atoms with Crippen LogP contribution in [0.15, 0.2) is 18.2 Å². The van der Waals surface area contributed by atoms with E-state index in [1.807, 2.05) is 13.0 Å². The standard InChI is InChI=1S/C11H19N3O/c1-3-15-11-5-4-10(6-9(11)2)7-13-8-14-12/h4-6,13-14H,3,7-8,12H2,1-2H3. The van der Waals surface area contributed by atoms with Gasteiger partial charge in [-0.25, -0.2) is 5.43 Å². The maximum Gasteiger partial charge on any atom is 0.122 e. The van der Waals surface area contributed by atoms with E-state index in [9.17, 15) is 0 Å². The van der Waals surface area contributed by atoms with E-state index in [2.05, 4.69) is 29.8 Å². The molecule has 4 heteroatoms. The first-order valence-corrected chi connectivity index (χ1v) is 5.14. The lowest BCUT2D eigenvalue weighted by Gasteiger charge is -2.09. The summed E-state index contributed by atoms with van der Waals surface area (Å²) in [5, 5.41) is 3.15. The summed E-state index contributed by atoms with van der Waals surface area (Å²) in [7, 11) is 0. The quantitative estimate of drug-likeness (QED) is 0.282. The van der Waals surface area contributed by atoms with Gasteiger partial charge in [-0.1, -0.05) is 12.1 Å². The van der Waals surface area contributed by atoms with Crippen molar-refractivity contribution in [3.8, 4) is 5.75 Å². The molecule has 4 nitrogen and oxygen atoms in total. The van der Waals surface area contributed by atoms with Crippen molar-refractivity contribution in [2.75, 3.05) is 13.3 Å². The summed E-state index contributed by atoms with van der Waals surface area (Å²) in [4.78, 5) is 0. The van der Waals surface area contributed by atoms with E-state index in [1.54, 1.807) is 0 Å². The first-order chi connectivity index (χ1) is 7.27. The molecule has 0 aliphatic carbocycles. The summed E-state index contributed by atoms with van der Waals surface area (Å²) >= 11 is 0. The van der Waals surface area contributed by atoms with E-state index < -0.39 is 0 Å². The zero-order valence-electron chi connectivity index (χ0n) is 9.34. The van der Waals surface area contributed by atoms with Gasteiger partial charge in [-0.3, -0.25) is 11.2 Å². The van der Waals surface area contributed by atoms with E-state index in [0.29, 0.717) is 13.3 Å². The second kappa shape index (κ2) is 6.40. The minimum Gasteiger partial charge on any atom is -0.494 e. The minimum atomic E-state index is 0.603. The Kier molecular flexibility index (Phi) is 5.10. The van der Waals surface area contributed by atoms with Gasteiger partial charge in [-0.05, 0) is 31.0 Å².